The number of rotatable bonds is 2. The Balaban J connectivity index is 2.22. The molecule has 2 aromatic heterocycles. The van der Waals surface area contributed by atoms with Gasteiger partial charge >= 0.3 is 0 Å². The zero-order valence-electron chi connectivity index (χ0n) is 8.19. The molecule has 0 saturated carbocycles. The summed E-state index contributed by atoms with van der Waals surface area (Å²) in [5, 5.41) is 7.67. The molecule has 0 aliphatic rings. The first-order valence-electron chi connectivity index (χ1n) is 4.37. The van der Waals surface area contributed by atoms with E-state index in [-0.39, 0.29) is 0 Å². The van der Waals surface area contributed by atoms with Crippen LogP contribution in [0.3, 0.4) is 0 Å². The smallest absolute Gasteiger partial charge is 0.168 e. The molecule has 0 saturated heterocycles. The highest BCUT2D eigenvalue weighted by Gasteiger charge is 2.06. The van der Waals surface area contributed by atoms with E-state index in [9.17, 15) is 0 Å². The predicted molar refractivity (Wildman–Crippen MR) is 51.7 cm³/mol. The number of anilines is 1. The Morgan fingerprint density at radius 3 is 2.71 bits per heavy atom. The molecule has 2 aromatic rings. The molecule has 2 heterocycles. The zero-order valence-corrected chi connectivity index (χ0v) is 8.19. The average Bonchev–Trinajstić information content (AvgIpc) is 2.67. The van der Waals surface area contributed by atoms with E-state index >= 15 is 0 Å². The molecule has 0 radical (unpaired) electrons. The molecule has 2 rings (SSSR count). The van der Waals surface area contributed by atoms with Gasteiger partial charge in [-0.1, -0.05) is 5.21 Å². The van der Waals surface area contributed by atoms with E-state index in [0.717, 1.165) is 17.2 Å². The Hall–Kier alpha value is -1.78. The highest BCUT2D eigenvalue weighted by atomic mass is 16.3. The van der Waals surface area contributed by atoms with E-state index in [0.29, 0.717) is 12.4 Å². The van der Waals surface area contributed by atoms with Crippen molar-refractivity contribution in [2.24, 2.45) is 0 Å². The summed E-state index contributed by atoms with van der Waals surface area (Å²) in [6.07, 6.45) is 0. The van der Waals surface area contributed by atoms with Gasteiger partial charge < -0.3 is 10.2 Å². The lowest BCUT2D eigenvalue weighted by Gasteiger charge is -1.99. The maximum Gasteiger partial charge on any atom is 0.168 e. The van der Waals surface area contributed by atoms with Crippen LogP contribution in [0.2, 0.25) is 0 Å². The molecule has 14 heavy (non-hydrogen) atoms. The van der Waals surface area contributed by atoms with Crippen molar-refractivity contribution < 1.29 is 4.42 Å². The van der Waals surface area contributed by atoms with Gasteiger partial charge in [-0.3, -0.25) is 0 Å². The van der Waals surface area contributed by atoms with Gasteiger partial charge in [0.05, 0.1) is 5.69 Å². The summed E-state index contributed by atoms with van der Waals surface area (Å²) in [7, 11) is 0. The van der Waals surface area contributed by atoms with E-state index in [1.165, 1.54) is 0 Å². The lowest BCUT2D eigenvalue weighted by molar-refractivity contribution is 0.452. The van der Waals surface area contributed by atoms with Crippen molar-refractivity contribution in [2.75, 3.05) is 5.73 Å². The molecule has 2 N–H and O–H groups in total. The second-order valence-corrected chi connectivity index (χ2v) is 3.23. The molecule has 0 aliphatic heterocycles. The molecular weight excluding hydrogens is 180 g/mol. The minimum atomic E-state index is 0.466. The van der Waals surface area contributed by atoms with E-state index in [2.05, 4.69) is 10.3 Å². The Morgan fingerprint density at radius 2 is 2.21 bits per heavy atom. The molecule has 5 heteroatoms. The minimum Gasteiger partial charge on any atom is -0.464 e. The SMILES string of the molecule is Cc1ccc(Cn2nnc(N)c2C)o1. The Labute approximate surface area is 81.5 Å². The fourth-order valence-electron chi connectivity index (χ4n) is 1.24. The molecule has 0 aliphatic carbocycles. The highest BCUT2D eigenvalue weighted by molar-refractivity contribution is 5.31. The van der Waals surface area contributed by atoms with Crippen LogP contribution in [0, 0.1) is 13.8 Å². The van der Waals surface area contributed by atoms with Crippen LogP contribution in [0.25, 0.3) is 0 Å². The number of aryl methyl sites for hydroxylation is 1. The fraction of sp³-hybridized carbons (Fsp3) is 0.333. The van der Waals surface area contributed by atoms with Crippen molar-refractivity contribution in [1.82, 2.24) is 15.0 Å². The summed E-state index contributed by atoms with van der Waals surface area (Å²) in [5.41, 5.74) is 6.43. The standard InChI is InChI=1S/C9H12N4O/c1-6-3-4-8(14-6)5-13-7(2)9(10)11-12-13/h3-4H,5,10H2,1-2H3. The number of nitrogens with zero attached hydrogens (tertiary/aromatic N) is 3. The summed E-state index contributed by atoms with van der Waals surface area (Å²) < 4.78 is 7.14. The molecule has 0 fully saturated rings. The number of furan rings is 1. The molecule has 0 bridgehead atoms. The lowest BCUT2D eigenvalue weighted by atomic mass is 10.4. The number of nitrogen functional groups attached to an aromatic ring is 1. The fourth-order valence-corrected chi connectivity index (χ4v) is 1.24. The molecule has 0 aromatic carbocycles. The highest BCUT2D eigenvalue weighted by Crippen LogP contribution is 2.11. The second kappa shape index (κ2) is 3.17. The van der Waals surface area contributed by atoms with Gasteiger partial charge in [0.2, 0.25) is 0 Å². The van der Waals surface area contributed by atoms with Gasteiger partial charge in [-0.2, -0.15) is 0 Å². The topological polar surface area (TPSA) is 69.9 Å². The minimum absolute atomic E-state index is 0.466. The van der Waals surface area contributed by atoms with E-state index in [1.807, 2.05) is 26.0 Å². The van der Waals surface area contributed by atoms with Crippen molar-refractivity contribution in [3.8, 4) is 0 Å². The summed E-state index contributed by atoms with van der Waals surface area (Å²) in [6.45, 7) is 4.36. The van der Waals surface area contributed by atoms with Gasteiger partial charge in [0.25, 0.3) is 0 Å². The van der Waals surface area contributed by atoms with Crippen LogP contribution in [0.5, 0.6) is 0 Å². The first-order valence-corrected chi connectivity index (χ1v) is 4.37. The summed E-state index contributed by atoms with van der Waals surface area (Å²) in [5.74, 6) is 2.22. The number of hydrogen-bond acceptors (Lipinski definition) is 4. The van der Waals surface area contributed by atoms with Crippen molar-refractivity contribution in [3.63, 3.8) is 0 Å². The molecule has 5 nitrogen and oxygen atoms in total. The average molecular weight is 192 g/mol. The molecule has 0 spiro atoms. The van der Waals surface area contributed by atoms with Gasteiger partial charge in [-0.15, -0.1) is 5.10 Å². The van der Waals surface area contributed by atoms with Crippen molar-refractivity contribution in [2.45, 2.75) is 20.4 Å². The second-order valence-electron chi connectivity index (χ2n) is 3.23. The maximum absolute atomic E-state index is 5.57. The summed E-state index contributed by atoms with van der Waals surface area (Å²) >= 11 is 0. The van der Waals surface area contributed by atoms with Crippen LogP contribution in [-0.2, 0) is 6.54 Å². The van der Waals surface area contributed by atoms with Gasteiger partial charge in [-0.25, -0.2) is 4.68 Å². The van der Waals surface area contributed by atoms with E-state index in [4.69, 9.17) is 10.2 Å². The van der Waals surface area contributed by atoms with Crippen molar-refractivity contribution in [1.29, 1.82) is 0 Å². The molecule has 0 unspecified atom stereocenters. The van der Waals surface area contributed by atoms with Crippen LogP contribution in [0.15, 0.2) is 16.5 Å². The molecular formula is C9H12N4O. The lowest BCUT2D eigenvalue weighted by Crippen LogP contribution is -2.03. The van der Waals surface area contributed by atoms with Gasteiger partial charge in [0.15, 0.2) is 5.82 Å². The van der Waals surface area contributed by atoms with Crippen molar-refractivity contribution >= 4 is 5.82 Å². The normalized spacial score (nSPS) is 10.7. The third kappa shape index (κ3) is 1.48. The first-order chi connectivity index (χ1) is 6.66. The number of nitrogens with two attached hydrogens (primary N) is 1. The Bertz CT molecular complexity index is 443. The zero-order chi connectivity index (χ0) is 10.1. The molecule has 0 atom stereocenters. The third-order valence-corrected chi connectivity index (χ3v) is 2.12. The van der Waals surface area contributed by atoms with Gasteiger partial charge in [-0.05, 0) is 26.0 Å². The first kappa shape index (κ1) is 8.80. The predicted octanol–water partition coefficient (Wildman–Crippen LogP) is 1.12. The Morgan fingerprint density at radius 1 is 1.43 bits per heavy atom. The van der Waals surface area contributed by atoms with Crippen LogP contribution in [-0.4, -0.2) is 15.0 Å². The number of hydrogen-bond donors (Lipinski definition) is 1. The van der Waals surface area contributed by atoms with Crippen LogP contribution in [0.1, 0.15) is 17.2 Å². The largest absolute Gasteiger partial charge is 0.464 e. The van der Waals surface area contributed by atoms with Gasteiger partial charge in [0.1, 0.15) is 18.1 Å². The van der Waals surface area contributed by atoms with Crippen LogP contribution in [0.4, 0.5) is 5.82 Å². The summed E-state index contributed by atoms with van der Waals surface area (Å²) in [6, 6.07) is 3.84. The quantitative estimate of drug-likeness (QED) is 0.774. The van der Waals surface area contributed by atoms with Crippen LogP contribution < -0.4 is 5.73 Å². The van der Waals surface area contributed by atoms with Crippen molar-refractivity contribution in [3.05, 3.63) is 29.3 Å². The van der Waals surface area contributed by atoms with Crippen LogP contribution >= 0.6 is 0 Å². The van der Waals surface area contributed by atoms with E-state index < -0.39 is 0 Å². The molecule has 74 valence electrons. The maximum atomic E-state index is 5.57. The van der Waals surface area contributed by atoms with E-state index in [1.54, 1.807) is 4.68 Å². The summed E-state index contributed by atoms with van der Waals surface area (Å²) in [4.78, 5) is 0. The monoisotopic (exact) mass is 192 g/mol. The Kier molecular flexibility index (Phi) is 1.99. The van der Waals surface area contributed by atoms with Gasteiger partial charge in [0, 0.05) is 0 Å². The molecule has 0 amide bonds. The third-order valence-electron chi connectivity index (χ3n) is 2.12. The number of aromatic nitrogens is 3.